The number of hydrogen-bond acceptors (Lipinski definition) is 7. The van der Waals surface area contributed by atoms with Crippen molar-refractivity contribution >= 4 is 17.0 Å². The summed E-state index contributed by atoms with van der Waals surface area (Å²) in [5, 5.41) is 0. The minimum absolute atomic E-state index is 0.160. The minimum atomic E-state index is -0.426. The summed E-state index contributed by atoms with van der Waals surface area (Å²) in [7, 11) is 0. The molecular formula is C28H26FN7O. The third kappa shape index (κ3) is 4.99. The van der Waals surface area contributed by atoms with Gasteiger partial charge < -0.3 is 10.5 Å². The van der Waals surface area contributed by atoms with Crippen molar-refractivity contribution in [3.05, 3.63) is 90.6 Å². The molecule has 0 spiro atoms. The van der Waals surface area contributed by atoms with Crippen molar-refractivity contribution in [1.82, 2.24) is 29.4 Å². The van der Waals surface area contributed by atoms with Crippen LogP contribution in [0.3, 0.4) is 0 Å². The van der Waals surface area contributed by atoms with Gasteiger partial charge in [0.15, 0.2) is 11.5 Å². The van der Waals surface area contributed by atoms with Crippen LogP contribution in [-0.4, -0.2) is 48.6 Å². The summed E-state index contributed by atoms with van der Waals surface area (Å²) in [6.45, 7) is 2.78. The van der Waals surface area contributed by atoms with Gasteiger partial charge in [-0.1, -0.05) is 6.07 Å². The number of nitrogen functional groups attached to an aromatic ring is 1. The zero-order chi connectivity index (χ0) is 25.2. The van der Waals surface area contributed by atoms with E-state index < -0.39 is 5.82 Å². The Balaban J connectivity index is 1.17. The summed E-state index contributed by atoms with van der Waals surface area (Å²) in [5.41, 5.74) is 9.56. The molecule has 2 N–H and O–H groups in total. The normalized spacial score (nSPS) is 14.7. The quantitative estimate of drug-likeness (QED) is 0.367. The molecule has 1 aliphatic heterocycles. The number of nitrogens with zero attached hydrogens (tertiary/aromatic N) is 6. The molecule has 0 radical (unpaired) electrons. The first kappa shape index (κ1) is 23.1. The van der Waals surface area contributed by atoms with Gasteiger partial charge in [0.2, 0.25) is 0 Å². The van der Waals surface area contributed by atoms with Gasteiger partial charge in [-0.3, -0.25) is 14.5 Å². The number of halogens is 1. The van der Waals surface area contributed by atoms with E-state index in [9.17, 15) is 4.39 Å². The molecular weight excluding hydrogens is 469 g/mol. The number of piperidine rings is 1. The molecule has 4 aromatic heterocycles. The Morgan fingerprint density at radius 2 is 1.78 bits per heavy atom. The maximum atomic E-state index is 13.9. The second-order valence-electron chi connectivity index (χ2n) is 9.16. The first-order valence-electron chi connectivity index (χ1n) is 12.3. The molecule has 1 fully saturated rings. The summed E-state index contributed by atoms with van der Waals surface area (Å²) in [6, 6.07) is 18.8. The molecule has 0 unspecified atom stereocenters. The van der Waals surface area contributed by atoms with Crippen LogP contribution in [0.4, 0.5) is 10.2 Å². The molecule has 5 aromatic rings. The average Bonchev–Trinajstić information content (AvgIpc) is 3.29. The van der Waals surface area contributed by atoms with Crippen LogP contribution in [0.5, 0.6) is 5.75 Å². The number of anilines is 1. The highest BCUT2D eigenvalue weighted by atomic mass is 19.1. The molecule has 0 saturated carbocycles. The van der Waals surface area contributed by atoms with Gasteiger partial charge in [-0.2, -0.15) is 0 Å². The molecule has 9 heteroatoms. The number of fused-ring (bicyclic) bond motifs is 1. The molecule has 6 rings (SSSR count). The van der Waals surface area contributed by atoms with Crippen LogP contribution < -0.4 is 10.5 Å². The van der Waals surface area contributed by atoms with Gasteiger partial charge in [0.1, 0.15) is 34.7 Å². The molecule has 1 saturated heterocycles. The van der Waals surface area contributed by atoms with Crippen LogP contribution >= 0.6 is 0 Å². The first-order valence-corrected chi connectivity index (χ1v) is 12.3. The zero-order valence-corrected chi connectivity index (χ0v) is 20.2. The van der Waals surface area contributed by atoms with E-state index in [-0.39, 0.29) is 6.10 Å². The summed E-state index contributed by atoms with van der Waals surface area (Å²) in [4.78, 5) is 19.9. The van der Waals surface area contributed by atoms with Crippen molar-refractivity contribution in [2.75, 3.05) is 18.8 Å². The molecule has 1 aliphatic rings. The lowest BCUT2D eigenvalue weighted by Gasteiger charge is -2.32. The number of hydrogen-bond donors (Lipinski definition) is 1. The van der Waals surface area contributed by atoms with Crippen molar-refractivity contribution in [1.29, 1.82) is 0 Å². The smallest absolute Gasteiger partial charge is 0.165 e. The lowest BCUT2D eigenvalue weighted by Crippen LogP contribution is -2.37. The van der Waals surface area contributed by atoms with Gasteiger partial charge in [0.25, 0.3) is 0 Å². The number of ether oxygens (including phenoxy) is 1. The molecule has 8 nitrogen and oxygen atoms in total. The van der Waals surface area contributed by atoms with Crippen LogP contribution in [0, 0.1) is 5.82 Å². The Kier molecular flexibility index (Phi) is 6.20. The third-order valence-corrected chi connectivity index (χ3v) is 6.54. The fraction of sp³-hybridized carbons (Fsp3) is 0.214. The van der Waals surface area contributed by atoms with Crippen molar-refractivity contribution in [2.45, 2.75) is 25.5 Å². The topological polar surface area (TPSA) is 95.0 Å². The van der Waals surface area contributed by atoms with Crippen molar-refractivity contribution in [3.8, 4) is 23.0 Å². The minimum Gasteiger partial charge on any atom is -0.490 e. The first-order chi connectivity index (χ1) is 18.1. The monoisotopic (exact) mass is 495 g/mol. The van der Waals surface area contributed by atoms with Gasteiger partial charge in [-0.05, 0) is 66.9 Å². The largest absolute Gasteiger partial charge is 0.490 e. The van der Waals surface area contributed by atoms with Gasteiger partial charge in [0.05, 0.1) is 6.20 Å². The van der Waals surface area contributed by atoms with Gasteiger partial charge in [0, 0.05) is 43.8 Å². The summed E-state index contributed by atoms with van der Waals surface area (Å²) in [6.07, 6.45) is 6.73. The van der Waals surface area contributed by atoms with Gasteiger partial charge >= 0.3 is 0 Å². The number of imidazole rings is 1. The average molecular weight is 496 g/mol. The van der Waals surface area contributed by atoms with Crippen LogP contribution in [0.2, 0.25) is 0 Å². The lowest BCUT2D eigenvalue weighted by molar-refractivity contribution is 0.0968. The molecule has 0 amide bonds. The van der Waals surface area contributed by atoms with Gasteiger partial charge in [-0.15, -0.1) is 0 Å². The molecule has 5 heterocycles. The fourth-order valence-corrected chi connectivity index (χ4v) is 4.75. The van der Waals surface area contributed by atoms with Gasteiger partial charge in [-0.25, -0.2) is 19.3 Å². The number of benzene rings is 1. The SMILES string of the molecule is Nc1cc(CN2CCC(Oc3ccc(-n4c(-c5ccccn5)nc5cc(F)cnc54)cc3)CC2)ccn1. The second kappa shape index (κ2) is 9.94. The lowest BCUT2D eigenvalue weighted by atomic mass is 10.1. The number of likely N-dealkylation sites (tertiary alicyclic amines) is 1. The fourth-order valence-electron chi connectivity index (χ4n) is 4.75. The van der Waals surface area contributed by atoms with E-state index in [1.807, 2.05) is 59.2 Å². The standard InChI is InChI=1S/C28H26FN7O/c29-20-16-25-27(33-17-20)36(28(34-25)24-3-1-2-11-31-24)21-4-6-22(7-5-21)37-23-9-13-35(14-10-23)18-19-8-12-32-26(30)15-19/h1-8,11-12,15-17,23H,9-10,13-14,18H2,(H2,30,32). The number of aromatic nitrogens is 5. The molecule has 0 aliphatic carbocycles. The summed E-state index contributed by atoms with van der Waals surface area (Å²) < 4.78 is 22.1. The van der Waals surface area contributed by atoms with Crippen LogP contribution in [0.15, 0.2) is 79.3 Å². The number of rotatable bonds is 6. The van der Waals surface area contributed by atoms with E-state index in [0.29, 0.717) is 28.5 Å². The Hall–Kier alpha value is -4.37. The molecule has 37 heavy (non-hydrogen) atoms. The van der Waals surface area contributed by atoms with E-state index in [4.69, 9.17) is 10.5 Å². The summed E-state index contributed by atoms with van der Waals surface area (Å²) in [5.74, 6) is 1.54. The maximum Gasteiger partial charge on any atom is 0.165 e. The second-order valence-corrected chi connectivity index (χ2v) is 9.16. The van der Waals surface area contributed by atoms with E-state index in [1.165, 1.54) is 17.8 Å². The van der Waals surface area contributed by atoms with Crippen molar-refractivity contribution in [3.63, 3.8) is 0 Å². The van der Waals surface area contributed by atoms with E-state index >= 15 is 0 Å². The Labute approximate surface area is 213 Å². The van der Waals surface area contributed by atoms with Crippen LogP contribution in [0.1, 0.15) is 18.4 Å². The Morgan fingerprint density at radius 1 is 0.946 bits per heavy atom. The predicted octanol–water partition coefficient (Wildman–Crippen LogP) is 4.64. The van der Waals surface area contributed by atoms with E-state index in [1.54, 1.807) is 12.4 Å². The van der Waals surface area contributed by atoms with E-state index in [2.05, 4.69) is 24.8 Å². The van der Waals surface area contributed by atoms with Crippen LogP contribution in [-0.2, 0) is 6.54 Å². The predicted molar refractivity (Wildman–Crippen MR) is 140 cm³/mol. The molecule has 186 valence electrons. The van der Waals surface area contributed by atoms with E-state index in [0.717, 1.165) is 43.9 Å². The highest BCUT2D eigenvalue weighted by molar-refractivity contribution is 5.79. The molecule has 0 bridgehead atoms. The molecule has 1 aromatic carbocycles. The van der Waals surface area contributed by atoms with Crippen molar-refractivity contribution in [2.24, 2.45) is 0 Å². The third-order valence-electron chi connectivity index (χ3n) is 6.54. The van der Waals surface area contributed by atoms with Crippen LogP contribution in [0.25, 0.3) is 28.4 Å². The molecule has 0 atom stereocenters. The zero-order valence-electron chi connectivity index (χ0n) is 20.2. The summed E-state index contributed by atoms with van der Waals surface area (Å²) >= 11 is 0. The highest BCUT2D eigenvalue weighted by Gasteiger charge is 2.21. The Morgan fingerprint density at radius 3 is 2.54 bits per heavy atom. The van der Waals surface area contributed by atoms with Crippen molar-refractivity contribution < 1.29 is 9.13 Å². The number of nitrogens with two attached hydrogens (primary N) is 1. The number of pyridine rings is 3. The Bertz CT molecular complexity index is 1510. The maximum absolute atomic E-state index is 13.9. The highest BCUT2D eigenvalue weighted by Crippen LogP contribution is 2.28.